The normalized spacial score (nSPS) is 11.1. The first-order valence-corrected chi connectivity index (χ1v) is 8.09. The third-order valence-electron chi connectivity index (χ3n) is 2.90. The fourth-order valence-corrected chi connectivity index (χ4v) is 2.87. The van der Waals surface area contributed by atoms with Crippen molar-refractivity contribution in [3.05, 3.63) is 62.9 Å². The molecule has 24 heavy (non-hydrogen) atoms. The van der Waals surface area contributed by atoms with Gasteiger partial charge in [0.2, 0.25) is 15.8 Å². The zero-order valence-electron chi connectivity index (χ0n) is 11.7. The van der Waals surface area contributed by atoms with E-state index in [0.717, 1.165) is 24.3 Å². The summed E-state index contributed by atoms with van der Waals surface area (Å²) in [5.41, 5.74) is -0.954. The van der Waals surface area contributed by atoms with Gasteiger partial charge in [-0.1, -0.05) is 11.6 Å². The number of halogens is 2. The van der Waals surface area contributed by atoms with Gasteiger partial charge >= 0.3 is 5.69 Å². The van der Waals surface area contributed by atoms with Gasteiger partial charge in [0.15, 0.2) is 0 Å². The molecular formula is C13H9ClFN3O5S. The van der Waals surface area contributed by atoms with Crippen LogP contribution in [0.5, 0.6) is 0 Å². The average molecular weight is 374 g/mol. The van der Waals surface area contributed by atoms with Gasteiger partial charge in [0.25, 0.3) is 5.91 Å². The fourth-order valence-electron chi connectivity index (χ4n) is 1.80. The van der Waals surface area contributed by atoms with Gasteiger partial charge in [-0.3, -0.25) is 14.9 Å². The number of nitro benzene ring substituents is 1. The molecule has 8 nitrogen and oxygen atoms in total. The van der Waals surface area contributed by atoms with Crippen molar-refractivity contribution in [2.24, 2.45) is 5.14 Å². The maximum atomic E-state index is 13.3. The van der Waals surface area contributed by atoms with Gasteiger partial charge < -0.3 is 5.32 Å². The monoisotopic (exact) mass is 373 g/mol. The summed E-state index contributed by atoms with van der Waals surface area (Å²) in [5, 5.41) is 17.8. The average Bonchev–Trinajstić information content (AvgIpc) is 2.48. The van der Waals surface area contributed by atoms with E-state index < -0.39 is 37.3 Å². The molecule has 126 valence electrons. The number of rotatable bonds is 4. The van der Waals surface area contributed by atoms with Crippen molar-refractivity contribution in [3.8, 4) is 0 Å². The molecule has 0 aliphatic carbocycles. The highest BCUT2D eigenvalue weighted by Gasteiger charge is 2.18. The van der Waals surface area contributed by atoms with E-state index in [1.54, 1.807) is 0 Å². The highest BCUT2D eigenvalue weighted by molar-refractivity contribution is 7.89. The molecule has 0 heterocycles. The molecule has 0 bridgehead atoms. The summed E-state index contributed by atoms with van der Waals surface area (Å²) >= 11 is 5.71. The number of carbonyl (C=O) groups excluding carboxylic acids is 1. The molecule has 3 N–H and O–H groups in total. The zero-order valence-corrected chi connectivity index (χ0v) is 13.3. The SMILES string of the molecule is NS(=O)(=O)c1cc(C(=O)Nc2ccc(F)c([N+](=O)[O-])c2)ccc1Cl. The number of nitro groups is 1. The molecule has 0 spiro atoms. The van der Waals surface area contributed by atoms with Crippen LogP contribution in [0.4, 0.5) is 15.8 Å². The lowest BCUT2D eigenvalue weighted by molar-refractivity contribution is -0.387. The summed E-state index contributed by atoms with van der Waals surface area (Å²) in [7, 11) is -4.14. The number of primary sulfonamides is 1. The molecule has 1 amide bonds. The van der Waals surface area contributed by atoms with Gasteiger partial charge in [0.1, 0.15) is 4.90 Å². The van der Waals surface area contributed by atoms with Crippen LogP contribution in [0.15, 0.2) is 41.3 Å². The Bertz CT molecular complexity index is 949. The van der Waals surface area contributed by atoms with E-state index in [0.29, 0.717) is 0 Å². The third-order valence-corrected chi connectivity index (χ3v) is 4.29. The van der Waals surface area contributed by atoms with E-state index >= 15 is 0 Å². The van der Waals surface area contributed by atoms with E-state index in [-0.39, 0.29) is 16.3 Å². The lowest BCUT2D eigenvalue weighted by Gasteiger charge is -2.08. The second-order valence-electron chi connectivity index (χ2n) is 4.57. The van der Waals surface area contributed by atoms with Crippen LogP contribution in [-0.2, 0) is 10.0 Å². The molecule has 0 aliphatic rings. The van der Waals surface area contributed by atoms with E-state index in [4.69, 9.17) is 16.7 Å². The van der Waals surface area contributed by atoms with Gasteiger partial charge in [-0.2, -0.15) is 4.39 Å². The molecule has 0 saturated carbocycles. The first-order valence-electron chi connectivity index (χ1n) is 6.17. The second kappa shape index (κ2) is 6.51. The Morgan fingerprint density at radius 3 is 2.50 bits per heavy atom. The summed E-state index contributed by atoms with van der Waals surface area (Å²) in [6, 6.07) is 6.16. The van der Waals surface area contributed by atoms with E-state index in [2.05, 4.69) is 5.32 Å². The number of anilines is 1. The zero-order chi connectivity index (χ0) is 18.1. The molecule has 2 rings (SSSR count). The number of amides is 1. The summed E-state index contributed by atoms with van der Waals surface area (Å²) < 4.78 is 36.0. The maximum absolute atomic E-state index is 13.3. The number of hydrogen-bond donors (Lipinski definition) is 2. The van der Waals surface area contributed by atoms with Gasteiger partial charge in [-0.25, -0.2) is 13.6 Å². The van der Waals surface area contributed by atoms with Crippen molar-refractivity contribution < 1.29 is 22.5 Å². The number of carbonyl (C=O) groups is 1. The Kier molecular flexibility index (Phi) is 4.83. The van der Waals surface area contributed by atoms with Gasteiger partial charge in [-0.15, -0.1) is 0 Å². The highest BCUT2D eigenvalue weighted by atomic mass is 35.5. The van der Waals surface area contributed by atoms with E-state index in [1.807, 2.05) is 0 Å². The first-order chi connectivity index (χ1) is 11.1. The molecule has 0 aliphatic heterocycles. The van der Waals surface area contributed by atoms with E-state index in [1.165, 1.54) is 12.1 Å². The van der Waals surface area contributed by atoms with E-state index in [9.17, 15) is 27.7 Å². The molecule has 0 radical (unpaired) electrons. The van der Waals surface area contributed by atoms with Crippen molar-refractivity contribution in [2.45, 2.75) is 4.90 Å². The minimum absolute atomic E-state index is 0.0415. The smallest absolute Gasteiger partial charge is 0.306 e. The lowest BCUT2D eigenvalue weighted by Crippen LogP contribution is -2.16. The summed E-state index contributed by atoms with van der Waals surface area (Å²) in [6.07, 6.45) is 0. The molecule has 2 aromatic carbocycles. The summed E-state index contributed by atoms with van der Waals surface area (Å²) in [4.78, 5) is 21.4. The largest absolute Gasteiger partial charge is 0.322 e. The molecule has 0 unspecified atom stereocenters. The molecular weight excluding hydrogens is 365 g/mol. The van der Waals surface area contributed by atoms with Crippen molar-refractivity contribution in [1.82, 2.24) is 0 Å². The Morgan fingerprint density at radius 1 is 1.25 bits per heavy atom. The Hall–Kier alpha value is -2.56. The fraction of sp³-hybridized carbons (Fsp3) is 0. The van der Waals surface area contributed by atoms with Gasteiger partial charge in [-0.05, 0) is 30.3 Å². The predicted octanol–water partition coefficient (Wildman–Crippen LogP) is 2.29. The minimum Gasteiger partial charge on any atom is -0.322 e. The Balaban J connectivity index is 2.34. The molecule has 0 fully saturated rings. The van der Waals surface area contributed by atoms with Crippen LogP contribution in [0.3, 0.4) is 0 Å². The van der Waals surface area contributed by atoms with Crippen LogP contribution in [0.2, 0.25) is 5.02 Å². The van der Waals surface area contributed by atoms with Crippen molar-refractivity contribution in [1.29, 1.82) is 0 Å². The Labute approximate surface area is 140 Å². The highest BCUT2D eigenvalue weighted by Crippen LogP contribution is 2.24. The van der Waals surface area contributed by atoms with Crippen LogP contribution in [0.25, 0.3) is 0 Å². The van der Waals surface area contributed by atoms with Crippen LogP contribution in [0.1, 0.15) is 10.4 Å². The van der Waals surface area contributed by atoms with Crippen LogP contribution in [-0.4, -0.2) is 19.2 Å². The number of sulfonamides is 1. The number of nitrogens with two attached hydrogens (primary N) is 1. The van der Waals surface area contributed by atoms with Crippen molar-refractivity contribution in [2.75, 3.05) is 5.32 Å². The van der Waals surface area contributed by atoms with Crippen LogP contribution < -0.4 is 10.5 Å². The number of benzene rings is 2. The van der Waals surface area contributed by atoms with Gasteiger partial charge in [0.05, 0.1) is 9.95 Å². The number of nitrogens with one attached hydrogen (secondary N) is 1. The molecule has 0 aromatic heterocycles. The topological polar surface area (TPSA) is 132 Å². The van der Waals surface area contributed by atoms with Crippen molar-refractivity contribution in [3.63, 3.8) is 0 Å². The van der Waals surface area contributed by atoms with Crippen molar-refractivity contribution >= 4 is 38.9 Å². The summed E-state index contributed by atoms with van der Waals surface area (Å²) in [6.45, 7) is 0. The molecule has 0 atom stereocenters. The molecule has 0 saturated heterocycles. The van der Waals surface area contributed by atoms with Crippen LogP contribution in [0, 0.1) is 15.9 Å². The van der Waals surface area contributed by atoms with Crippen LogP contribution >= 0.6 is 11.6 Å². The standard InChI is InChI=1S/C13H9ClFN3O5S/c14-9-3-1-7(5-12(9)24(16,22)23)13(19)17-8-2-4-10(15)11(6-8)18(20)21/h1-6H,(H,17,19)(H2,16,22,23). The predicted molar refractivity (Wildman–Crippen MR) is 83.8 cm³/mol. The molecule has 2 aromatic rings. The minimum atomic E-state index is -4.14. The quantitative estimate of drug-likeness (QED) is 0.626. The Morgan fingerprint density at radius 2 is 1.92 bits per heavy atom. The number of nitrogens with zero attached hydrogens (tertiary/aromatic N) is 1. The first kappa shape index (κ1) is 17.8. The molecule has 11 heteroatoms. The second-order valence-corrected chi connectivity index (χ2v) is 6.50. The lowest BCUT2D eigenvalue weighted by atomic mass is 10.2. The number of hydrogen-bond acceptors (Lipinski definition) is 5. The third kappa shape index (κ3) is 3.85. The summed E-state index contributed by atoms with van der Waals surface area (Å²) in [5.74, 6) is -1.83. The maximum Gasteiger partial charge on any atom is 0.306 e. The van der Waals surface area contributed by atoms with Gasteiger partial charge in [0, 0.05) is 17.3 Å².